The normalized spacial score (nSPS) is 51.0. The van der Waals surface area contributed by atoms with Crippen LogP contribution in [0.25, 0.3) is 0 Å². The standard InChI is InChI=1S/C22H28O3/c1-20-9-5-15(23)13-14(20)3-4-16-17(20)6-10-21(2)18(16)7-11-22(21)12-8-19(24)25-22/h3-4,13,16-18H,5-12H2,1-2H3/t16-,17+,18-,20+,21+,22-/m1/s1. The lowest BCUT2D eigenvalue weighted by atomic mass is 9.48. The van der Waals surface area contributed by atoms with Gasteiger partial charge in [0.15, 0.2) is 5.78 Å². The second kappa shape index (κ2) is 4.86. The summed E-state index contributed by atoms with van der Waals surface area (Å²) in [7, 11) is 0. The molecule has 0 aromatic heterocycles. The highest BCUT2D eigenvalue weighted by Gasteiger charge is 2.66. The zero-order chi connectivity index (χ0) is 17.4. The molecule has 1 saturated heterocycles. The molecule has 0 radical (unpaired) electrons. The van der Waals surface area contributed by atoms with Gasteiger partial charge in [-0.15, -0.1) is 0 Å². The Hall–Kier alpha value is -1.38. The Labute approximate surface area is 149 Å². The van der Waals surface area contributed by atoms with Gasteiger partial charge >= 0.3 is 5.97 Å². The van der Waals surface area contributed by atoms with Gasteiger partial charge in [-0.3, -0.25) is 9.59 Å². The molecule has 134 valence electrons. The van der Waals surface area contributed by atoms with E-state index in [1.165, 1.54) is 18.4 Å². The maximum absolute atomic E-state index is 11.9. The Kier molecular flexibility index (Phi) is 3.08. The minimum absolute atomic E-state index is 0.00570. The number of esters is 1. The van der Waals surface area contributed by atoms with Crippen molar-refractivity contribution in [3.8, 4) is 0 Å². The van der Waals surface area contributed by atoms with Crippen LogP contribution in [0.5, 0.6) is 0 Å². The first-order chi connectivity index (χ1) is 11.9. The third-order valence-electron chi connectivity index (χ3n) is 8.85. The van der Waals surface area contributed by atoms with Crippen LogP contribution in [0.3, 0.4) is 0 Å². The largest absolute Gasteiger partial charge is 0.458 e. The number of allylic oxidation sites excluding steroid dienone is 4. The Balaban J connectivity index is 1.53. The highest BCUT2D eigenvalue weighted by molar-refractivity contribution is 5.92. The van der Waals surface area contributed by atoms with Crippen molar-refractivity contribution >= 4 is 11.8 Å². The summed E-state index contributed by atoms with van der Waals surface area (Å²) in [6.45, 7) is 4.78. The number of ether oxygens (including phenoxy) is 1. The second-order valence-corrected chi connectivity index (χ2v) is 9.60. The van der Waals surface area contributed by atoms with Gasteiger partial charge in [-0.1, -0.05) is 26.0 Å². The van der Waals surface area contributed by atoms with Gasteiger partial charge < -0.3 is 4.74 Å². The van der Waals surface area contributed by atoms with Gasteiger partial charge in [-0.05, 0) is 73.3 Å². The minimum atomic E-state index is -0.201. The van der Waals surface area contributed by atoms with E-state index in [9.17, 15) is 9.59 Å². The first kappa shape index (κ1) is 15.8. The average Bonchev–Trinajstić information content (AvgIpc) is 3.10. The molecule has 1 spiro atoms. The molecule has 0 bridgehead atoms. The lowest BCUT2D eigenvalue weighted by Crippen LogP contribution is -2.53. The van der Waals surface area contributed by atoms with Crippen LogP contribution >= 0.6 is 0 Å². The minimum Gasteiger partial charge on any atom is -0.458 e. The van der Waals surface area contributed by atoms with E-state index in [2.05, 4.69) is 26.0 Å². The molecule has 2 saturated carbocycles. The fraction of sp³-hybridized carbons (Fsp3) is 0.727. The summed E-state index contributed by atoms with van der Waals surface area (Å²) in [6, 6.07) is 0. The van der Waals surface area contributed by atoms with Gasteiger partial charge in [0.25, 0.3) is 0 Å². The van der Waals surface area contributed by atoms with Gasteiger partial charge in [-0.2, -0.15) is 0 Å². The summed E-state index contributed by atoms with van der Waals surface area (Å²) in [5.41, 5.74) is 1.32. The number of carbonyl (C=O) groups excluding carboxylic acids is 2. The van der Waals surface area contributed by atoms with Crippen LogP contribution in [0.1, 0.15) is 65.2 Å². The molecule has 3 heteroatoms. The molecule has 3 fully saturated rings. The monoisotopic (exact) mass is 340 g/mol. The van der Waals surface area contributed by atoms with E-state index in [1.807, 2.05) is 6.08 Å². The molecule has 1 heterocycles. The van der Waals surface area contributed by atoms with E-state index in [0.717, 1.165) is 25.7 Å². The van der Waals surface area contributed by atoms with Crippen molar-refractivity contribution in [1.82, 2.24) is 0 Å². The maximum atomic E-state index is 11.9. The molecule has 5 rings (SSSR count). The quantitative estimate of drug-likeness (QED) is 0.615. The van der Waals surface area contributed by atoms with Crippen molar-refractivity contribution in [3.05, 3.63) is 23.8 Å². The van der Waals surface area contributed by atoms with E-state index < -0.39 is 0 Å². The highest BCUT2D eigenvalue weighted by atomic mass is 16.6. The van der Waals surface area contributed by atoms with Gasteiger partial charge in [0, 0.05) is 18.3 Å². The van der Waals surface area contributed by atoms with Crippen molar-refractivity contribution in [3.63, 3.8) is 0 Å². The van der Waals surface area contributed by atoms with Crippen LogP contribution in [0.15, 0.2) is 23.8 Å². The number of hydrogen-bond donors (Lipinski definition) is 0. The first-order valence-electron chi connectivity index (χ1n) is 10.0. The topological polar surface area (TPSA) is 43.4 Å². The molecular formula is C22H28O3. The molecule has 6 atom stereocenters. The van der Waals surface area contributed by atoms with Crippen molar-refractivity contribution in [2.75, 3.05) is 0 Å². The molecule has 0 aromatic carbocycles. The molecule has 0 unspecified atom stereocenters. The number of rotatable bonds is 0. The molecule has 5 aliphatic rings. The number of hydrogen-bond acceptors (Lipinski definition) is 3. The molecule has 25 heavy (non-hydrogen) atoms. The third kappa shape index (κ3) is 1.88. The van der Waals surface area contributed by atoms with Gasteiger partial charge in [-0.25, -0.2) is 0 Å². The van der Waals surface area contributed by atoms with E-state index in [0.29, 0.717) is 30.6 Å². The van der Waals surface area contributed by atoms with Crippen molar-refractivity contribution in [2.24, 2.45) is 28.6 Å². The number of carbonyl (C=O) groups is 2. The Bertz CT molecular complexity index is 719. The van der Waals surface area contributed by atoms with Crippen LogP contribution in [0.4, 0.5) is 0 Å². The summed E-state index contributed by atoms with van der Waals surface area (Å²) < 4.78 is 5.99. The van der Waals surface area contributed by atoms with Crippen LogP contribution in [-0.4, -0.2) is 17.4 Å². The Morgan fingerprint density at radius 1 is 1.00 bits per heavy atom. The fourth-order valence-corrected chi connectivity index (χ4v) is 7.29. The average molecular weight is 340 g/mol. The Morgan fingerprint density at radius 3 is 2.56 bits per heavy atom. The summed E-state index contributed by atoms with van der Waals surface area (Å²) in [5, 5.41) is 0. The number of fused-ring (bicyclic) bond motifs is 6. The fourth-order valence-electron chi connectivity index (χ4n) is 7.29. The van der Waals surface area contributed by atoms with Gasteiger partial charge in [0.1, 0.15) is 5.60 Å². The van der Waals surface area contributed by atoms with Crippen molar-refractivity contribution in [2.45, 2.75) is 70.8 Å². The maximum Gasteiger partial charge on any atom is 0.306 e. The lowest BCUT2D eigenvalue weighted by Gasteiger charge is -2.57. The molecule has 4 aliphatic carbocycles. The smallest absolute Gasteiger partial charge is 0.306 e. The zero-order valence-electron chi connectivity index (χ0n) is 15.3. The van der Waals surface area contributed by atoms with Gasteiger partial charge in [0.2, 0.25) is 0 Å². The molecule has 0 amide bonds. The van der Waals surface area contributed by atoms with Crippen LogP contribution in [0, 0.1) is 28.6 Å². The first-order valence-corrected chi connectivity index (χ1v) is 10.0. The molecule has 3 nitrogen and oxygen atoms in total. The van der Waals surface area contributed by atoms with Crippen molar-refractivity contribution < 1.29 is 14.3 Å². The third-order valence-corrected chi connectivity index (χ3v) is 8.85. The van der Waals surface area contributed by atoms with Crippen LogP contribution < -0.4 is 0 Å². The van der Waals surface area contributed by atoms with Crippen LogP contribution in [0.2, 0.25) is 0 Å². The predicted octanol–water partition coefficient (Wildman–Crippen LogP) is 4.37. The SMILES string of the molecule is C[C@]12CCC(=O)C=C1C=C[C@H]1[C@H]3CC[C@@]4(CCC(=O)O4)[C@@]3(C)CC[C@@H]12. The number of ketones is 1. The summed E-state index contributed by atoms with van der Waals surface area (Å²) in [5.74, 6) is 2.08. The van der Waals surface area contributed by atoms with Crippen LogP contribution in [-0.2, 0) is 14.3 Å². The van der Waals surface area contributed by atoms with E-state index >= 15 is 0 Å². The Morgan fingerprint density at radius 2 is 1.80 bits per heavy atom. The summed E-state index contributed by atoms with van der Waals surface area (Å²) >= 11 is 0. The summed E-state index contributed by atoms with van der Waals surface area (Å²) in [6.07, 6.45) is 14.3. The summed E-state index contributed by atoms with van der Waals surface area (Å²) in [4.78, 5) is 23.8. The molecule has 0 aromatic rings. The zero-order valence-corrected chi connectivity index (χ0v) is 15.3. The van der Waals surface area contributed by atoms with Crippen molar-refractivity contribution in [1.29, 1.82) is 0 Å². The molecular weight excluding hydrogens is 312 g/mol. The highest BCUT2D eigenvalue weighted by Crippen LogP contribution is 2.68. The lowest BCUT2D eigenvalue weighted by molar-refractivity contribution is -0.165. The van der Waals surface area contributed by atoms with Gasteiger partial charge in [0.05, 0.1) is 0 Å². The molecule has 1 aliphatic heterocycles. The molecule has 0 N–H and O–H groups in total. The van der Waals surface area contributed by atoms with E-state index in [1.54, 1.807) is 0 Å². The second-order valence-electron chi connectivity index (χ2n) is 9.60. The predicted molar refractivity (Wildman–Crippen MR) is 94.7 cm³/mol. The van der Waals surface area contributed by atoms with E-state index in [4.69, 9.17) is 4.74 Å². The van der Waals surface area contributed by atoms with E-state index in [-0.39, 0.29) is 28.2 Å².